The van der Waals surface area contributed by atoms with Gasteiger partial charge in [0.05, 0.1) is 5.69 Å². The molecule has 6 nitrogen and oxygen atoms in total. The van der Waals surface area contributed by atoms with E-state index < -0.39 is 10.0 Å². The lowest BCUT2D eigenvalue weighted by Gasteiger charge is -2.22. The van der Waals surface area contributed by atoms with Crippen LogP contribution in [0, 0.1) is 5.92 Å². The van der Waals surface area contributed by atoms with Crippen molar-refractivity contribution in [3.8, 4) is 0 Å². The Hall–Kier alpha value is -1.44. The number of hydrogen-bond donors (Lipinski definition) is 3. The molecule has 1 aromatic rings. The first-order chi connectivity index (χ1) is 10.0. The van der Waals surface area contributed by atoms with Crippen LogP contribution >= 0.6 is 0 Å². The molecule has 116 valence electrons. The molecule has 1 aliphatic heterocycles. The van der Waals surface area contributed by atoms with Gasteiger partial charge in [0, 0.05) is 6.42 Å². The molecule has 1 saturated heterocycles. The Morgan fingerprint density at radius 2 is 2.14 bits per heavy atom. The molecule has 1 heterocycles. The largest absolute Gasteiger partial charge is 0.325 e. The smallest absolute Gasteiger partial charge is 0.242 e. The van der Waals surface area contributed by atoms with E-state index in [4.69, 9.17) is 0 Å². The van der Waals surface area contributed by atoms with Gasteiger partial charge in [0.1, 0.15) is 4.90 Å². The molecule has 0 bridgehead atoms. The molecular weight excluding hydrogens is 290 g/mol. The van der Waals surface area contributed by atoms with Crippen molar-refractivity contribution < 1.29 is 13.2 Å². The summed E-state index contributed by atoms with van der Waals surface area (Å²) in [5.74, 6) is 0.161. The first-order valence-corrected chi connectivity index (χ1v) is 8.54. The lowest BCUT2D eigenvalue weighted by Crippen LogP contribution is -2.32. The molecule has 1 atom stereocenters. The minimum Gasteiger partial charge on any atom is -0.325 e. The molecule has 2 rings (SSSR count). The second-order valence-corrected chi connectivity index (χ2v) is 7.02. The Bertz CT molecular complexity index is 595. The van der Waals surface area contributed by atoms with Crippen molar-refractivity contribution >= 4 is 21.6 Å². The van der Waals surface area contributed by atoms with Crippen LogP contribution in [0.15, 0.2) is 29.2 Å². The zero-order valence-corrected chi connectivity index (χ0v) is 12.9. The maximum Gasteiger partial charge on any atom is 0.242 e. The number of nitrogens with one attached hydrogen (secondary N) is 3. The zero-order valence-electron chi connectivity index (χ0n) is 12.1. The monoisotopic (exact) mass is 311 g/mol. The minimum absolute atomic E-state index is 0.0858. The van der Waals surface area contributed by atoms with E-state index >= 15 is 0 Å². The lowest BCUT2D eigenvalue weighted by atomic mass is 9.96. The van der Waals surface area contributed by atoms with E-state index in [9.17, 15) is 13.2 Å². The van der Waals surface area contributed by atoms with E-state index in [2.05, 4.69) is 15.4 Å². The third-order valence-electron chi connectivity index (χ3n) is 3.59. The topological polar surface area (TPSA) is 87.3 Å². The molecule has 1 aliphatic rings. The summed E-state index contributed by atoms with van der Waals surface area (Å²) in [7, 11) is -2.24. The van der Waals surface area contributed by atoms with E-state index in [1.54, 1.807) is 18.2 Å². The number of carbonyl (C=O) groups excluding carboxylic acids is 1. The molecule has 0 aliphatic carbocycles. The van der Waals surface area contributed by atoms with E-state index in [1.165, 1.54) is 13.1 Å². The van der Waals surface area contributed by atoms with Crippen molar-refractivity contribution in [3.63, 3.8) is 0 Å². The third kappa shape index (κ3) is 4.26. The van der Waals surface area contributed by atoms with E-state index in [0.717, 1.165) is 25.9 Å². The van der Waals surface area contributed by atoms with Crippen LogP contribution < -0.4 is 15.4 Å². The maximum atomic E-state index is 12.1. The molecule has 7 heteroatoms. The van der Waals surface area contributed by atoms with Crippen molar-refractivity contribution in [2.24, 2.45) is 5.92 Å². The number of benzene rings is 1. The average Bonchev–Trinajstić information content (AvgIpc) is 2.48. The fourth-order valence-corrected chi connectivity index (χ4v) is 3.36. The SMILES string of the molecule is CNS(=O)(=O)c1ccccc1NC(=O)CC1CCCNC1. The lowest BCUT2D eigenvalue weighted by molar-refractivity contribution is -0.117. The number of carbonyl (C=O) groups is 1. The number of piperidine rings is 1. The van der Waals surface area contributed by atoms with Crippen LogP contribution in [0.1, 0.15) is 19.3 Å². The Morgan fingerprint density at radius 3 is 2.81 bits per heavy atom. The summed E-state index contributed by atoms with van der Waals surface area (Å²) < 4.78 is 26.1. The van der Waals surface area contributed by atoms with Gasteiger partial charge >= 0.3 is 0 Å². The summed E-state index contributed by atoms with van der Waals surface area (Å²) in [5.41, 5.74) is 0.320. The number of sulfonamides is 1. The molecule has 3 N–H and O–H groups in total. The molecule has 1 amide bonds. The zero-order chi connectivity index (χ0) is 15.3. The number of amides is 1. The van der Waals surface area contributed by atoms with Crippen molar-refractivity contribution in [2.75, 3.05) is 25.5 Å². The van der Waals surface area contributed by atoms with Crippen molar-refractivity contribution in [2.45, 2.75) is 24.2 Å². The van der Waals surface area contributed by atoms with Crippen molar-refractivity contribution in [1.29, 1.82) is 0 Å². The molecule has 0 aromatic heterocycles. The number of hydrogen-bond acceptors (Lipinski definition) is 4. The Kier molecular flexibility index (Phi) is 5.33. The summed E-state index contributed by atoms with van der Waals surface area (Å²) in [6.45, 7) is 1.84. The van der Waals surface area contributed by atoms with Gasteiger partial charge in [0.15, 0.2) is 0 Å². The van der Waals surface area contributed by atoms with Gasteiger partial charge in [-0.2, -0.15) is 0 Å². The molecular formula is C14H21N3O3S. The average molecular weight is 311 g/mol. The van der Waals surface area contributed by atoms with Gasteiger partial charge in [0.2, 0.25) is 15.9 Å². The number of para-hydroxylation sites is 1. The Balaban J connectivity index is 2.07. The highest BCUT2D eigenvalue weighted by atomic mass is 32.2. The van der Waals surface area contributed by atoms with Crippen LogP contribution in [-0.4, -0.2) is 34.5 Å². The first-order valence-electron chi connectivity index (χ1n) is 7.06. The van der Waals surface area contributed by atoms with Gasteiger partial charge < -0.3 is 10.6 Å². The summed E-state index contributed by atoms with van der Waals surface area (Å²) in [5, 5.41) is 5.98. The minimum atomic E-state index is -3.58. The Morgan fingerprint density at radius 1 is 1.38 bits per heavy atom. The summed E-state index contributed by atoms with van der Waals surface area (Å²) in [4.78, 5) is 12.2. The molecule has 1 fully saturated rings. The molecule has 0 spiro atoms. The quantitative estimate of drug-likeness (QED) is 0.755. The van der Waals surface area contributed by atoms with Crippen LogP contribution in [-0.2, 0) is 14.8 Å². The molecule has 0 radical (unpaired) electrons. The second kappa shape index (κ2) is 7.02. The fourth-order valence-electron chi connectivity index (χ4n) is 2.48. The highest BCUT2D eigenvalue weighted by Crippen LogP contribution is 2.22. The summed E-state index contributed by atoms with van der Waals surface area (Å²) >= 11 is 0. The standard InChI is InChI=1S/C14H21N3O3S/c1-15-21(19,20)13-7-3-2-6-12(13)17-14(18)9-11-5-4-8-16-10-11/h2-3,6-7,11,15-16H,4-5,8-10H2,1H3,(H,17,18). The van der Waals surface area contributed by atoms with Gasteiger partial charge in [-0.05, 0) is 51.0 Å². The molecule has 21 heavy (non-hydrogen) atoms. The fraction of sp³-hybridized carbons (Fsp3) is 0.500. The summed E-state index contributed by atoms with van der Waals surface area (Å²) in [6.07, 6.45) is 2.50. The third-order valence-corrected chi connectivity index (χ3v) is 5.06. The van der Waals surface area contributed by atoms with Gasteiger partial charge in [-0.15, -0.1) is 0 Å². The van der Waals surface area contributed by atoms with Gasteiger partial charge in [-0.25, -0.2) is 13.1 Å². The van der Waals surface area contributed by atoms with Gasteiger partial charge in [-0.3, -0.25) is 4.79 Å². The van der Waals surface area contributed by atoms with E-state index in [0.29, 0.717) is 18.0 Å². The van der Waals surface area contributed by atoms with Crippen molar-refractivity contribution in [3.05, 3.63) is 24.3 Å². The van der Waals surface area contributed by atoms with Crippen LogP contribution in [0.2, 0.25) is 0 Å². The van der Waals surface area contributed by atoms with E-state index in [1.807, 2.05) is 0 Å². The predicted octanol–water partition coefficient (Wildman–Crippen LogP) is 0.923. The normalized spacial score (nSPS) is 19.2. The Labute approximate surface area is 125 Å². The van der Waals surface area contributed by atoms with Crippen LogP contribution in [0.5, 0.6) is 0 Å². The number of anilines is 1. The van der Waals surface area contributed by atoms with Gasteiger partial charge in [-0.1, -0.05) is 12.1 Å². The van der Waals surface area contributed by atoms with Crippen molar-refractivity contribution in [1.82, 2.24) is 10.0 Å². The maximum absolute atomic E-state index is 12.1. The molecule has 1 unspecified atom stereocenters. The first kappa shape index (κ1) is 15.9. The van der Waals surface area contributed by atoms with E-state index in [-0.39, 0.29) is 10.8 Å². The highest BCUT2D eigenvalue weighted by Gasteiger charge is 2.20. The second-order valence-electron chi connectivity index (χ2n) is 5.17. The predicted molar refractivity (Wildman–Crippen MR) is 81.5 cm³/mol. The van der Waals surface area contributed by atoms with Crippen LogP contribution in [0.25, 0.3) is 0 Å². The molecule has 0 saturated carbocycles. The van der Waals surface area contributed by atoms with Crippen LogP contribution in [0.4, 0.5) is 5.69 Å². The molecule has 1 aromatic carbocycles. The van der Waals surface area contributed by atoms with Crippen LogP contribution in [0.3, 0.4) is 0 Å². The highest BCUT2D eigenvalue weighted by molar-refractivity contribution is 7.89. The number of rotatable bonds is 5. The van der Waals surface area contributed by atoms with Gasteiger partial charge in [0.25, 0.3) is 0 Å². The summed E-state index contributed by atoms with van der Waals surface area (Å²) in [6, 6.07) is 6.41.